The summed E-state index contributed by atoms with van der Waals surface area (Å²) in [4.78, 5) is 84.3. The largest absolute Gasteiger partial charge is 0.444 e. The molecule has 312 valence electrons. The lowest BCUT2D eigenvalue weighted by Crippen LogP contribution is -2.62. The number of carbonyl (C=O) groups is 6. The molecule has 0 aromatic heterocycles. The van der Waals surface area contributed by atoms with Crippen LogP contribution in [0.1, 0.15) is 78.9 Å². The first kappa shape index (κ1) is 45.9. The van der Waals surface area contributed by atoms with Crippen LogP contribution in [0, 0.1) is 10.8 Å². The number of likely N-dealkylation sites (tertiary alicyclic amines) is 1. The maximum atomic E-state index is 14.6. The molecule has 0 saturated carbocycles. The Morgan fingerprint density at radius 2 is 1.64 bits per heavy atom. The molecular weight excluding hydrogens is 743 g/mol. The number of hydrogen-bond acceptors (Lipinski definition) is 9. The van der Waals surface area contributed by atoms with Gasteiger partial charge in [0.05, 0.1) is 18.8 Å². The number of hydrogen-bond donors (Lipinski definition) is 4. The summed E-state index contributed by atoms with van der Waals surface area (Å²) in [5.41, 5.74) is 0.643. The smallest absolute Gasteiger partial charge is 0.410 e. The minimum absolute atomic E-state index is 0.0306. The highest BCUT2D eigenvalue weighted by molar-refractivity contribution is 7.88. The second kappa shape index (κ2) is 19.1. The fraction of sp³-hybridized carbons (Fsp3) is 0.641. The number of urea groups is 1. The summed E-state index contributed by atoms with van der Waals surface area (Å²) < 4.78 is 31.5. The third-order valence-electron chi connectivity index (χ3n) is 10.1. The van der Waals surface area contributed by atoms with Crippen molar-refractivity contribution in [3.8, 4) is 0 Å². The average Bonchev–Trinajstić information content (AvgIpc) is 3.54. The molecule has 16 nitrogen and oxygen atoms in total. The van der Waals surface area contributed by atoms with Crippen LogP contribution in [-0.2, 0) is 46.9 Å². The molecule has 2 aliphatic rings. The van der Waals surface area contributed by atoms with Crippen LogP contribution in [0.5, 0.6) is 0 Å². The molecule has 56 heavy (non-hydrogen) atoms. The number of sulfonamides is 1. The number of ether oxygens (including phenoxy) is 1. The molecule has 4 N–H and O–H groups in total. The third-order valence-corrected chi connectivity index (χ3v) is 11.4. The minimum Gasteiger partial charge on any atom is -0.444 e. The second-order valence-electron chi connectivity index (χ2n) is 16.8. The van der Waals surface area contributed by atoms with Crippen LogP contribution in [0.3, 0.4) is 0 Å². The van der Waals surface area contributed by atoms with E-state index in [1.165, 1.54) is 18.0 Å². The molecule has 0 radical (unpaired) electrons. The van der Waals surface area contributed by atoms with Gasteiger partial charge in [-0.1, -0.05) is 85.2 Å². The Bertz CT molecular complexity index is 1740. The van der Waals surface area contributed by atoms with Crippen molar-refractivity contribution in [1.82, 2.24) is 35.4 Å². The van der Waals surface area contributed by atoms with Gasteiger partial charge in [0.2, 0.25) is 27.6 Å². The molecule has 1 aromatic carbocycles. The van der Waals surface area contributed by atoms with Gasteiger partial charge in [0.25, 0.3) is 5.91 Å². The first-order valence-electron chi connectivity index (χ1n) is 19.0. The fourth-order valence-electron chi connectivity index (χ4n) is 6.55. The summed E-state index contributed by atoms with van der Waals surface area (Å²) in [6.45, 7) is 16.7. The summed E-state index contributed by atoms with van der Waals surface area (Å²) in [6.07, 6.45) is 2.11. The molecule has 17 heteroatoms. The van der Waals surface area contributed by atoms with E-state index in [1.807, 2.05) is 45.0 Å². The number of Topliss-reactive ketones (excluding diaryl/α,β-unsaturated/α-hetero) is 1. The molecule has 5 atom stereocenters. The Kier molecular flexibility index (Phi) is 15.6. The summed E-state index contributed by atoms with van der Waals surface area (Å²) in [6, 6.07) is 2.78. The number of fused-ring (bicyclic) bond motifs is 1. The van der Waals surface area contributed by atoms with Crippen molar-refractivity contribution < 1.29 is 41.9 Å². The topological polar surface area (TPSA) is 204 Å². The molecule has 2 unspecified atom stereocenters. The van der Waals surface area contributed by atoms with Crippen LogP contribution in [0.15, 0.2) is 36.9 Å². The van der Waals surface area contributed by atoms with Crippen molar-refractivity contribution in [3.63, 3.8) is 0 Å². The third kappa shape index (κ3) is 12.5. The number of nitrogens with one attached hydrogen (secondary N) is 4. The Morgan fingerprint density at radius 3 is 2.21 bits per heavy atom. The predicted octanol–water partition coefficient (Wildman–Crippen LogP) is 2.33. The van der Waals surface area contributed by atoms with Crippen LogP contribution in [0.4, 0.5) is 9.59 Å². The van der Waals surface area contributed by atoms with E-state index in [-0.39, 0.29) is 32.5 Å². The van der Waals surface area contributed by atoms with Gasteiger partial charge < -0.3 is 35.8 Å². The molecule has 2 aliphatic heterocycles. The lowest BCUT2D eigenvalue weighted by Gasteiger charge is -2.37. The Labute approximate surface area is 331 Å². The molecule has 0 bridgehead atoms. The Balaban J connectivity index is 1.91. The zero-order valence-electron chi connectivity index (χ0n) is 34.3. The monoisotopic (exact) mass is 803 g/mol. The predicted molar refractivity (Wildman–Crippen MR) is 212 cm³/mol. The number of ketones is 1. The van der Waals surface area contributed by atoms with Gasteiger partial charge in [-0.15, -0.1) is 6.58 Å². The SMILES string of the molecule is C=CCNC(=O)C(=O)C(CCC)NC(=O)[C@@H]1CC(OC(=O)N2CCc3ccccc3C2)CN1C(=O)[C@@H](NC(=O)N[C@H](CN(C)S(C)(=O)=O)C(C)(C)C)C(C)(C)C. The van der Waals surface area contributed by atoms with Crippen molar-refractivity contribution >= 4 is 45.7 Å². The van der Waals surface area contributed by atoms with Crippen LogP contribution in [-0.4, -0.2) is 128 Å². The molecule has 2 heterocycles. The molecule has 1 saturated heterocycles. The van der Waals surface area contributed by atoms with Crippen LogP contribution in [0.2, 0.25) is 0 Å². The molecule has 3 rings (SSSR count). The van der Waals surface area contributed by atoms with Crippen LogP contribution in [0.25, 0.3) is 0 Å². The van der Waals surface area contributed by atoms with Crippen LogP contribution >= 0.6 is 0 Å². The normalized spacial score (nSPS) is 18.9. The second-order valence-corrected chi connectivity index (χ2v) is 18.9. The Hall–Kier alpha value is -4.51. The van der Waals surface area contributed by atoms with Gasteiger partial charge in [-0.25, -0.2) is 22.3 Å². The number of carbonyl (C=O) groups excluding carboxylic acids is 6. The molecule has 6 amide bonds. The van der Waals surface area contributed by atoms with E-state index in [2.05, 4.69) is 27.8 Å². The lowest BCUT2D eigenvalue weighted by atomic mass is 9.85. The molecule has 1 fully saturated rings. The van der Waals surface area contributed by atoms with Crippen molar-refractivity contribution in [2.24, 2.45) is 10.8 Å². The highest BCUT2D eigenvalue weighted by atomic mass is 32.2. The highest BCUT2D eigenvalue weighted by Crippen LogP contribution is 2.29. The first-order chi connectivity index (χ1) is 26.0. The van der Waals surface area contributed by atoms with Gasteiger partial charge in [0.15, 0.2) is 0 Å². The van der Waals surface area contributed by atoms with Gasteiger partial charge in [-0.3, -0.25) is 19.2 Å². The molecule has 0 spiro atoms. The number of nitrogens with zero attached hydrogens (tertiary/aromatic N) is 3. The molecule has 1 aromatic rings. The average molecular weight is 804 g/mol. The van der Waals surface area contributed by atoms with Crippen molar-refractivity contribution in [1.29, 1.82) is 0 Å². The molecule has 0 aliphatic carbocycles. The quantitative estimate of drug-likeness (QED) is 0.152. The first-order valence-corrected chi connectivity index (χ1v) is 20.9. The van der Waals surface area contributed by atoms with Crippen molar-refractivity contribution in [3.05, 3.63) is 48.0 Å². The van der Waals surface area contributed by atoms with E-state index >= 15 is 0 Å². The van der Waals surface area contributed by atoms with Gasteiger partial charge in [-0.2, -0.15) is 0 Å². The number of likely N-dealkylation sites (N-methyl/N-ethyl adjacent to an activating group) is 1. The maximum absolute atomic E-state index is 14.6. The molecular formula is C39H61N7O9S. The van der Waals surface area contributed by atoms with Crippen molar-refractivity contribution in [2.45, 2.75) is 111 Å². The lowest BCUT2D eigenvalue weighted by molar-refractivity contribution is -0.143. The van der Waals surface area contributed by atoms with Crippen LogP contribution < -0.4 is 21.3 Å². The summed E-state index contributed by atoms with van der Waals surface area (Å²) >= 11 is 0. The van der Waals surface area contributed by atoms with E-state index in [4.69, 9.17) is 4.74 Å². The zero-order valence-corrected chi connectivity index (χ0v) is 35.1. The van der Waals surface area contributed by atoms with E-state index in [1.54, 1.807) is 32.6 Å². The van der Waals surface area contributed by atoms with Gasteiger partial charge in [0.1, 0.15) is 18.2 Å². The maximum Gasteiger partial charge on any atom is 0.410 e. The van der Waals surface area contributed by atoms with Gasteiger partial charge in [0, 0.05) is 45.7 Å². The van der Waals surface area contributed by atoms with E-state index in [0.717, 1.165) is 21.7 Å². The summed E-state index contributed by atoms with van der Waals surface area (Å²) in [5.74, 6) is -3.11. The summed E-state index contributed by atoms with van der Waals surface area (Å²) in [7, 11) is -2.15. The summed E-state index contributed by atoms with van der Waals surface area (Å²) in [5, 5.41) is 10.7. The minimum atomic E-state index is -3.56. The van der Waals surface area contributed by atoms with E-state index < -0.39 is 86.8 Å². The van der Waals surface area contributed by atoms with E-state index in [0.29, 0.717) is 25.9 Å². The van der Waals surface area contributed by atoms with E-state index in [9.17, 15) is 37.2 Å². The fourth-order valence-corrected chi connectivity index (χ4v) is 6.97. The van der Waals surface area contributed by atoms with Gasteiger partial charge >= 0.3 is 12.1 Å². The van der Waals surface area contributed by atoms with Crippen molar-refractivity contribution in [2.75, 3.05) is 39.5 Å². The zero-order chi connectivity index (χ0) is 42.2. The van der Waals surface area contributed by atoms with Gasteiger partial charge in [-0.05, 0) is 34.8 Å². The standard InChI is InChI=1S/C39H61N7O9S/c1-11-15-28(31(47)34(49)40-19-12-2)41-33(48)29-21-27(55-37(52)45-20-18-25-16-13-14-17-26(25)22-45)23-46(29)35(50)32(39(6,7)8)43-36(51)42-30(38(3,4)5)24-44(9)56(10,53)54/h12-14,16-17,27-30,32H,2,11,15,18-24H2,1,3-10H3,(H,40,49)(H,41,48)(H2,42,43,51)/t27?,28?,29-,30+,32+/m0/s1. The number of rotatable bonds is 15. The highest BCUT2D eigenvalue weighted by Gasteiger charge is 2.47. The number of benzene rings is 1. The number of amides is 6. The Morgan fingerprint density at radius 1 is 1.00 bits per heavy atom.